The highest BCUT2D eigenvalue weighted by molar-refractivity contribution is 9.11. The Morgan fingerprint density at radius 1 is 1.47 bits per heavy atom. The number of aromatic nitrogens is 1. The maximum Gasteiger partial charge on any atom is 0.142 e. The predicted octanol–water partition coefficient (Wildman–Crippen LogP) is 4.23. The van der Waals surface area contributed by atoms with Gasteiger partial charge in [-0.25, -0.2) is 4.98 Å². The molecule has 0 saturated heterocycles. The molecule has 1 unspecified atom stereocenters. The molecule has 84 valence electrons. The molecule has 0 aliphatic heterocycles. The first kappa shape index (κ1) is 13.0. The summed E-state index contributed by atoms with van der Waals surface area (Å²) in [6, 6.07) is 2.54. The maximum absolute atomic E-state index is 4.41. The van der Waals surface area contributed by atoms with Crippen LogP contribution in [-0.2, 0) is 0 Å². The van der Waals surface area contributed by atoms with Crippen LogP contribution in [0.3, 0.4) is 0 Å². The van der Waals surface area contributed by atoms with Crippen molar-refractivity contribution in [2.45, 2.75) is 32.7 Å². The molecule has 0 saturated carbocycles. The molecule has 15 heavy (non-hydrogen) atoms. The van der Waals surface area contributed by atoms with E-state index in [1.165, 1.54) is 12.8 Å². The number of hydrogen-bond acceptors (Lipinski definition) is 2. The molecule has 0 amide bonds. The number of pyridine rings is 1. The molecule has 0 N–H and O–H groups in total. The van der Waals surface area contributed by atoms with Crippen molar-refractivity contribution in [3.63, 3.8) is 0 Å². The zero-order chi connectivity index (χ0) is 11.4. The fraction of sp³-hybridized carbons (Fsp3) is 0.545. The Labute approximate surface area is 108 Å². The smallest absolute Gasteiger partial charge is 0.142 e. The number of anilines is 1. The normalized spacial score (nSPS) is 12.6. The first-order valence-electron chi connectivity index (χ1n) is 5.10. The average Bonchev–Trinajstić information content (AvgIpc) is 2.17. The number of nitrogens with zero attached hydrogens (tertiary/aromatic N) is 2. The van der Waals surface area contributed by atoms with Crippen LogP contribution in [0.2, 0.25) is 0 Å². The molecular formula is C11H16Br2N2. The van der Waals surface area contributed by atoms with Gasteiger partial charge in [0.25, 0.3) is 0 Å². The molecule has 0 bridgehead atoms. The van der Waals surface area contributed by atoms with E-state index in [9.17, 15) is 0 Å². The van der Waals surface area contributed by atoms with Gasteiger partial charge in [0.1, 0.15) is 5.82 Å². The molecule has 0 radical (unpaired) electrons. The lowest BCUT2D eigenvalue weighted by molar-refractivity contribution is 0.610. The first-order valence-corrected chi connectivity index (χ1v) is 6.68. The summed E-state index contributed by atoms with van der Waals surface area (Å²) in [4.78, 5) is 6.62. The van der Waals surface area contributed by atoms with Gasteiger partial charge in [-0.2, -0.15) is 0 Å². The molecule has 0 spiro atoms. The van der Waals surface area contributed by atoms with Crippen molar-refractivity contribution in [3.05, 3.63) is 21.2 Å². The minimum absolute atomic E-state index is 0.514. The first-order chi connectivity index (χ1) is 7.06. The summed E-state index contributed by atoms with van der Waals surface area (Å²) in [5, 5.41) is 0. The number of halogens is 2. The summed E-state index contributed by atoms with van der Waals surface area (Å²) in [5.41, 5.74) is 0. The number of rotatable bonds is 4. The fourth-order valence-corrected chi connectivity index (χ4v) is 2.75. The summed E-state index contributed by atoms with van der Waals surface area (Å²) in [5.74, 6) is 0.999. The van der Waals surface area contributed by atoms with E-state index in [1.54, 1.807) is 0 Å². The third-order valence-corrected chi connectivity index (χ3v) is 3.51. The minimum Gasteiger partial charge on any atom is -0.356 e. The predicted molar refractivity (Wildman–Crippen MR) is 72.4 cm³/mol. The molecule has 4 heteroatoms. The highest BCUT2D eigenvalue weighted by Crippen LogP contribution is 2.27. The van der Waals surface area contributed by atoms with Gasteiger partial charge in [0.2, 0.25) is 0 Å². The van der Waals surface area contributed by atoms with E-state index < -0.39 is 0 Å². The highest BCUT2D eigenvalue weighted by Gasteiger charge is 2.13. The van der Waals surface area contributed by atoms with Crippen molar-refractivity contribution in [1.82, 2.24) is 4.98 Å². The van der Waals surface area contributed by atoms with E-state index in [-0.39, 0.29) is 0 Å². The lowest BCUT2D eigenvalue weighted by Gasteiger charge is -2.26. The second-order valence-electron chi connectivity index (χ2n) is 3.71. The Balaban J connectivity index is 2.86. The highest BCUT2D eigenvalue weighted by atomic mass is 79.9. The van der Waals surface area contributed by atoms with Crippen molar-refractivity contribution in [2.24, 2.45) is 0 Å². The van der Waals surface area contributed by atoms with Gasteiger partial charge in [-0.15, -0.1) is 0 Å². The van der Waals surface area contributed by atoms with Crippen LogP contribution < -0.4 is 4.90 Å². The van der Waals surface area contributed by atoms with E-state index in [0.717, 1.165) is 14.8 Å². The molecule has 2 nitrogen and oxygen atoms in total. The summed E-state index contributed by atoms with van der Waals surface area (Å²) in [6.07, 6.45) is 4.20. The van der Waals surface area contributed by atoms with Crippen LogP contribution in [0.5, 0.6) is 0 Å². The molecule has 1 aromatic rings. The van der Waals surface area contributed by atoms with Crippen LogP contribution in [0, 0.1) is 0 Å². The van der Waals surface area contributed by atoms with E-state index in [1.807, 2.05) is 12.3 Å². The van der Waals surface area contributed by atoms with Crippen molar-refractivity contribution < 1.29 is 0 Å². The van der Waals surface area contributed by atoms with Crippen LogP contribution >= 0.6 is 31.9 Å². The largest absolute Gasteiger partial charge is 0.356 e. The number of hydrogen-bond donors (Lipinski definition) is 0. The van der Waals surface area contributed by atoms with Gasteiger partial charge in [0.05, 0.1) is 4.47 Å². The average molecular weight is 336 g/mol. The Hall–Kier alpha value is -0.0900. The van der Waals surface area contributed by atoms with Gasteiger partial charge in [-0.1, -0.05) is 13.3 Å². The van der Waals surface area contributed by atoms with Crippen LogP contribution in [0.1, 0.15) is 26.7 Å². The van der Waals surface area contributed by atoms with Crippen LogP contribution in [0.25, 0.3) is 0 Å². The van der Waals surface area contributed by atoms with Crippen LogP contribution in [0.4, 0.5) is 5.82 Å². The summed E-state index contributed by atoms with van der Waals surface area (Å²) < 4.78 is 2.02. The molecule has 0 aromatic carbocycles. The SMILES string of the molecule is CCCC(C)N(C)c1ncc(Br)cc1Br. The second-order valence-corrected chi connectivity index (χ2v) is 5.48. The van der Waals surface area contributed by atoms with E-state index in [4.69, 9.17) is 0 Å². The van der Waals surface area contributed by atoms with Gasteiger partial charge < -0.3 is 4.90 Å². The Kier molecular flexibility index (Phi) is 5.06. The zero-order valence-electron chi connectivity index (χ0n) is 9.30. The minimum atomic E-state index is 0.514. The van der Waals surface area contributed by atoms with Crippen molar-refractivity contribution in [2.75, 3.05) is 11.9 Å². The quantitative estimate of drug-likeness (QED) is 0.818. The molecule has 1 rings (SSSR count). The summed E-state index contributed by atoms with van der Waals surface area (Å²) in [7, 11) is 2.08. The van der Waals surface area contributed by atoms with Crippen molar-refractivity contribution in [3.8, 4) is 0 Å². The van der Waals surface area contributed by atoms with Crippen LogP contribution in [-0.4, -0.2) is 18.1 Å². The zero-order valence-corrected chi connectivity index (χ0v) is 12.5. The monoisotopic (exact) mass is 334 g/mol. The molecule has 1 heterocycles. The molecule has 1 aromatic heterocycles. The molecular weight excluding hydrogens is 320 g/mol. The van der Waals surface area contributed by atoms with Gasteiger partial charge in [0, 0.05) is 23.8 Å². The maximum atomic E-state index is 4.41. The van der Waals surface area contributed by atoms with E-state index in [2.05, 4.69) is 62.6 Å². The van der Waals surface area contributed by atoms with Gasteiger partial charge in [0.15, 0.2) is 0 Å². The van der Waals surface area contributed by atoms with Gasteiger partial charge in [-0.05, 0) is 51.3 Å². The summed E-state index contributed by atoms with van der Waals surface area (Å²) in [6.45, 7) is 4.42. The lowest BCUT2D eigenvalue weighted by Crippen LogP contribution is -2.29. The van der Waals surface area contributed by atoms with E-state index in [0.29, 0.717) is 6.04 Å². The third kappa shape index (κ3) is 3.45. The Morgan fingerprint density at radius 3 is 2.67 bits per heavy atom. The van der Waals surface area contributed by atoms with E-state index >= 15 is 0 Å². The van der Waals surface area contributed by atoms with Gasteiger partial charge in [-0.3, -0.25) is 0 Å². The van der Waals surface area contributed by atoms with Gasteiger partial charge >= 0.3 is 0 Å². The molecule has 1 atom stereocenters. The standard InChI is InChI=1S/C11H16Br2N2/c1-4-5-8(2)15(3)11-10(13)6-9(12)7-14-11/h6-8H,4-5H2,1-3H3. The van der Waals surface area contributed by atoms with Crippen molar-refractivity contribution >= 4 is 37.7 Å². The summed E-state index contributed by atoms with van der Waals surface area (Å²) >= 11 is 6.94. The molecule has 0 aliphatic carbocycles. The van der Waals surface area contributed by atoms with Crippen molar-refractivity contribution in [1.29, 1.82) is 0 Å². The second kappa shape index (κ2) is 5.85. The molecule has 0 fully saturated rings. The molecule has 0 aliphatic rings. The van der Waals surface area contributed by atoms with Crippen LogP contribution in [0.15, 0.2) is 21.2 Å². The lowest BCUT2D eigenvalue weighted by atomic mass is 10.2. The third-order valence-electron chi connectivity index (χ3n) is 2.49. The Bertz CT molecular complexity index is 328. The topological polar surface area (TPSA) is 16.1 Å². The Morgan fingerprint density at radius 2 is 2.13 bits per heavy atom. The fourth-order valence-electron chi connectivity index (χ4n) is 1.49.